The van der Waals surface area contributed by atoms with Gasteiger partial charge in [-0.3, -0.25) is 4.90 Å². The van der Waals surface area contributed by atoms with Crippen molar-refractivity contribution in [1.29, 1.82) is 0 Å². The highest BCUT2D eigenvalue weighted by atomic mass is 32.1. The van der Waals surface area contributed by atoms with Crippen molar-refractivity contribution in [3.63, 3.8) is 0 Å². The molecule has 0 aromatic carbocycles. The highest BCUT2D eigenvalue weighted by Crippen LogP contribution is 2.28. The number of hydrogen-bond acceptors (Lipinski definition) is 6. The second-order valence-corrected chi connectivity index (χ2v) is 7.03. The van der Waals surface area contributed by atoms with Gasteiger partial charge in [0.05, 0.1) is 17.0 Å². The average Bonchev–Trinajstić information content (AvgIpc) is 3.06. The Morgan fingerprint density at radius 1 is 1.41 bits per heavy atom. The Balaban J connectivity index is 1.48. The quantitative estimate of drug-likeness (QED) is 0.796. The van der Waals surface area contributed by atoms with Crippen LogP contribution in [0, 0.1) is 6.92 Å². The Labute approximate surface area is 135 Å². The summed E-state index contributed by atoms with van der Waals surface area (Å²) >= 11 is 1.68. The number of aryl methyl sites for hydroxylation is 2. The Morgan fingerprint density at radius 2 is 2.27 bits per heavy atom. The molecule has 1 fully saturated rings. The average molecular weight is 323 g/mol. The van der Waals surface area contributed by atoms with E-state index >= 15 is 0 Å². The molecule has 3 rings (SSSR count). The van der Waals surface area contributed by atoms with Crippen molar-refractivity contribution in [2.45, 2.75) is 38.6 Å². The molecule has 1 aliphatic heterocycles. The first kappa shape index (κ1) is 15.7. The summed E-state index contributed by atoms with van der Waals surface area (Å²) in [5.74, 6) is 0. The first-order valence-electron chi connectivity index (χ1n) is 8.08. The summed E-state index contributed by atoms with van der Waals surface area (Å²) in [4.78, 5) is 7.03. The number of thiazole rings is 1. The molecule has 7 heteroatoms. The summed E-state index contributed by atoms with van der Waals surface area (Å²) in [6.07, 6.45) is 4.71. The lowest BCUT2D eigenvalue weighted by molar-refractivity contribution is 0.0901. The SMILES string of the molecule is Cc1nn(C)c2nc(NCCCN3CCCCC3CO)sc12. The molecule has 0 aliphatic carbocycles. The van der Waals surface area contributed by atoms with Gasteiger partial charge in [0.25, 0.3) is 0 Å². The van der Waals surface area contributed by atoms with E-state index in [-0.39, 0.29) is 6.61 Å². The van der Waals surface area contributed by atoms with Crippen LogP contribution >= 0.6 is 11.3 Å². The van der Waals surface area contributed by atoms with Crippen LogP contribution in [0.15, 0.2) is 0 Å². The summed E-state index contributed by atoms with van der Waals surface area (Å²) in [5, 5.41) is 18.2. The Bertz CT molecular complexity index is 588. The van der Waals surface area contributed by atoms with Crippen LogP contribution in [-0.2, 0) is 7.05 Å². The summed E-state index contributed by atoms with van der Waals surface area (Å²) in [6.45, 7) is 5.40. The van der Waals surface area contributed by atoms with Crippen molar-refractivity contribution in [2.75, 3.05) is 31.6 Å². The summed E-state index contributed by atoms with van der Waals surface area (Å²) in [6, 6.07) is 0.366. The largest absolute Gasteiger partial charge is 0.395 e. The third-order valence-corrected chi connectivity index (χ3v) is 5.51. The van der Waals surface area contributed by atoms with Gasteiger partial charge < -0.3 is 10.4 Å². The number of aromatic nitrogens is 3. The monoisotopic (exact) mass is 323 g/mol. The predicted octanol–water partition coefficient (Wildman–Crippen LogP) is 1.99. The number of aliphatic hydroxyl groups excluding tert-OH is 1. The van der Waals surface area contributed by atoms with Gasteiger partial charge in [0.15, 0.2) is 10.8 Å². The van der Waals surface area contributed by atoms with Crippen molar-refractivity contribution < 1.29 is 5.11 Å². The van der Waals surface area contributed by atoms with Crippen LogP contribution in [0.2, 0.25) is 0 Å². The first-order chi connectivity index (χ1) is 10.7. The molecule has 2 aromatic heterocycles. The Morgan fingerprint density at radius 3 is 3.05 bits per heavy atom. The number of fused-ring (bicyclic) bond motifs is 1. The number of rotatable bonds is 6. The fraction of sp³-hybridized carbons (Fsp3) is 0.733. The molecular weight excluding hydrogens is 298 g/mol. The van der Waals surface area contributed by atoms with E-state index in [1.54, 1.807) is 11.3 Å². The molecule has 1 aliphatic rings. The second-order valence-electron chi connectivity index (χ2n) is 6.03. The number of nitrogens with zero attached hydrogens (tertiary/aromatic N) is 4. The number of piperidine rings is 1. The molecule has 0 amide bonds. The van der Waals surface area contributed by atoms with Crippen LogP contribution in [0.1, 0.15) is 31.4 Å². The van der Waals surface area contributed by atoms with E-state index < -0.39 is 0 Å². The first-order valence-corrected chi connectivity index (χ1v) is 8.89. The van der Waals surface area contributed by atoms with E-state index in [1.807, 2.05) is 18.7 Å². The van der Waals surface area contributed by atoms with Crippen LogP contribution < -0.4 is 5.32 Å². The predicted molar refractivity (Wildman–Crippen MR) is 90.5 cm³/mol. The maximum Gasteiger partial charge on any atom is 0.185 e. The van der Waals surface area contributed by atoms with E-state index in [0.717, 1.165) is 48.9 Å². The van der Waals surface area contributed by atoms with Gasteiger partial charge in [-0.05, 0) is 32.7 Å². The van der Waals surface area contributed by atoms with Crippen molar-refractivity contribution in [3.8, 4) is 0 Å². The molecule has 122 valence electrons. The summed E-state index contributed by atoms with van der Waals surface area (Å²) in [7, 11) is 1.93. The van der Waals surface area contributed by atoms with Gasteiger partial charge in [0.1, 0.15) is 0 Å². The lowest BCUT2D eigenvalue weighted by atomic mass is 10.0. The van der Waals surface area contributed by atoms with Gasteiger partial charge in [-0.1, -0.05) is 17.8 Å². The van der Waals surface area contributed by atoms with Crippen molar-refractivity contribution in [2.24, 2.45) is 7.05 Å². The third-order valence-electron chi connectivity index (χ3n) is 4.40. The summed E-state index contributed by atoms with van der Waals surface area (Å²) in [5.41, 5.74) is 2.00. The maximum atomic E-state index is 9.43. The fourth-order valence-corrected chi connectivity index (χ4v) is 4.16. The number of anilines is 1. The molecule has 0 saturated carbocycles. The van der Waals surface area contributed by atoms with Gasteiger partial charge in [0, 0.05) is 26.2 Å². The van der Waals surface area contributed by atoms with Crippen molar-refractivity contribution in [3.05, 3.63) is 5.69 Å². The third kappa shape index (κ3) is 3.26. The van der Waals surface area contributed by atoms with Crippen LogP contribution in [-0.4, -0.2) is 57.1 Å². The van der Waals surface area contributed by atoms with Gasteiger partial charge in [-0.2, -0.15) is 5.10 Å². The van der Waals surface area contributed by atoms with E-state index in [9.17, 15) is 5.11 Å². The molecule has 1 saturated heterocycles. The highest BCUT2D eigenvalue weighted by Gasteiger charge is 2.20. The number of nitrogens with one attached hydrogen (secondary N) is 1. The molecule has 1 unspecified atom stereocenters. The van der Waals surface area contributed by atoms with E-state index in [4.69, 9.17) is 0 Å². The summed E-state index contributed by atoms with van der Waals surface area (Å²) < 4.78 is 3.01. The Hall–Kier alpha value is -1.18. The highest BCUT2D eigenvalue weighted by molar-refractivity contribution is 7.22. The zero-order chi connectivity index (χ0) is 15.5. The molecule has 2 N–H and O–H groups in total. The molecule has 0 spiro atoms. The topological polar surface area (TPSA) is 66.2 Å². The van der Waals surface area contributed by atoms with Crippen LogP contribution in [0.5, 0.6) is 0 Å². The van der Waals surface area contributed by atoms with E-state index in [2.05, 4.69) is 20.3 Å². The van der Waals surface area contributed by atoms with Crippen LogP contribution in [0.25, 0.3) is 10.3 Å². The molecule has 0 bridgehead atoms. The molecule has 22 heavy (non-hydrogen) atoms. The molecule has 0 radical (unpaired) electrons. The smallest absolute Gasteiger partial charge is 0.185 e. The van der Waals surface area contributed by atoms with E-state index in [0.29, 0.717) is 6.04 Å². The van der Waals surface area contributed by atoms with Crippen molar-refractivity contribution >= 4 is 26.8 Å². The van der Waals surface area contributed by atoms with E-state index in [1.165, 1.54) is 17.5 Å². The zero-order valence-corrected chi connectivity index (χ0v) is 14.2. The number of likely N-dealkylation sites (tertiary alicyclic amines) is 1. The van der Waals surface area contributed by atoms with Gasteiger partial charge in [-0.25, -0.2) is 9.67 Å². The van der Waals surface area contributed by atoms with Crippen LogP contribution in [0.3, 0.4) is 0 Å². The maximum absolute atomic E-state index is 9.43. The molecular formula is C15H25N5OS. The Kier molecular flexibility index (Phi) is 4.95. The van der Waals surface area contributed by atoms with Gasteiger partial charge in [-0.15, -0.1) is 0 Å². The molecule has 3 heterocycles. The van der Waals surface area contributed by atoms with Gasteiger partial charge >= 0.3 is 0 Å². The van der Waals surface area contributed by atoms with Gasteiger partial charge in [0.2, 0.25) is 0 Å². The zero-order valence-electron chi connectivity index (χ0n) is 13.4. The molecule has 2 aromatic rings. The normalized spacial score (nSPS) is 19.9. The lowest BCUT2D eigenvalue weighted by Crippen LogP contribution is -2.42. The molecule has 6 nitrogen and oxygen atoms in total. The standard InChI is InChI=1S/C15H25N5OS/c1-11-13-14(19(2)18-11)17-15(22-13)16-7-5-9-20-8-4-3-6-12(20)10-21/h12,21H,3-10H2,1-2H3,(H,16,17). The second kappa shape index (κ2) is 6.93. The number of hydrogen-bond donors (Lipinski definition) is 2. The minimum atomic E-state index is 0.289. The fourth-order valence-electron chi connectivity index (χ4n) is 3.20. The van der Waals surface area contributed by atoms with Crippen molar-refractivity contribution in [1.82, 2.24) is 19.7 Å². The number of aliphatic hydroxyl groups is 1. The minimum Gasteiger partial charge on any atom is -0.395 e. The lowest BCUT2D eigenvalue weighted by Gasteiger charge is -2.34. The minimum absolute atomic E-state index is 0.289. The van der Waals surface area contributed by atoms with Crippen LogP contribution in [0.4, 0.5) is 5.13 Å². The molecule has 1 atom stereocenters.